The minimum absolute atomic E-state index is 0.187. The summed E-state index contributed by atoms with van der Waals surface area (Å²) >= 11 is 3.03. The quantitative estimate of drug-likeness (QED) is 0.631. The van der Waals surface area contributed by atoms with Gasteiger partial charge in [0.25, 0.3) is 5.56 Å². The monoisotopic (exact) mass is 388 g/mol. The van der Waals surface area contributed by atoms with E-state index in [0.29, 0.717) is 28.4 Å². The second-order valence-electron chi connectivity index (χ2n) is 6.74. The second kappa shape index (κ2) is 7.32. The molecule has 3 aromatic rings. The zero-order valence-electron chi connectivity index (χ0n) is 14.5. The van der Waals surface area contributed by atoms with Gasteiger partial charge in [-0.3, -0.25) is 9.59 Å². The van der Waals surface area contributed by atoms with E-state index in [9.17, 15) is 9.59 Å². The summed E-state index contributed by atoms with van der Waals surface area (Å²) in [4.78, 5) is 33.8. The van der Waals surface area contributed by atoms with E-state index in [1.807, 2.05) is 22.9 Å². The van der Waals surface area contributed by atoms with Crippen LogP contribution in [0.4, 0.5) is 0 Å². The molecule has 4 rings (SSSR count). The van der Waals surface area contributed by atoms with Crippen LogP contribution in [-0.4, -0.2) is 15.9 Å². The van der Waals surface area contributed by atoms with Gasteiger partial charge in [-0.25, -0.2) is 4.98 Å². The Hall–Kier alpha value is -1.99. The van der Waals surface area contributed by atoms with Crippen LogP contribution < -0.4 is 5.56 Å². The number of carbonyl (C=O) groups is 1. The van der Waals surface area contributed by atoms with Gasteiger partial charge in [0.2, 0.25) is 0 Å². The van der Waals surface area contributed by atoms with Gasteiger partial charge < -0.3 is 9.72 Å². The Morgan fingerprint density at radius 1 is 1.38 bits per heavy atom. The first-order chi connectivity index (χ1) is 12.6. The van der Waals surface area contributed by atoms with Gasteiger partial charge in [0.05, 0.1) is 5.39 Å². The fraction of sp³-hybridized carbons (Fsp3) is 0.421. The van der Waals surface area contributed by atoms with Gasteiger partial charge in [0.15, 0.2) is 11.9 Å². The minimum Gasteiger partial charge on any atom is -0.454 e. The lowest BCUT2D eigenvalue weighted by Crippen LogP contribution is -2.18. The normalized spacial score (nSPS) is 16.2. The minimum atomic E-state index is -0.562. The number of ether oxygens (including phenoxy) is 1. The van der Waals surface area contributed by atoms with Crippen LogP contribution in [0.1, 0.15) is 51.0 Å². The fourth-order valence-electron chi connectivity index (χ4n) is 3.52. The van der Waals surface area contributed by atoms with E-state index in [1.165, 1.54) is 24.2 Å². The zero-order valence-corrected chi connectivity index (χ0v) is 16.1. The van der Waals surface area contributed by atoms with E-state index in [1.54, 1.807) is 18.3 Å². The van der Waals surface area contributed by atoms with E-state index < -0.39 is 6.10 Å². The van der Waals surface area contributed by atoms with Crippen molar-refractivity contribution in [1.29, 1.82) is 0 Å². The van der Waals surface area contributed by atoms with Gasteiger partial charge in [-0.05, 0) is 37.1 Å². The summed E-state index contributed by atoms with van der Waals surface area (Å²) in [7, 11) is 0. The number of H-pyrrole nitrogens is 1. The van der Waals surface area contributed by atoms with Gasteiger partial charge in [-0.2, -0.15) is 0 Å². The number of nitrogens with one attached hydrogen (secondary N) is 1. The Morgan fingerprint density at radius 3 is 2.92 bits per heavy atom. The molecule has 5 nitrogen and oxygen atoms in total. The molecule has 0 radical (unpaired) electrons. The van der Waals surface area contributed by atoms with Crippen LogP contribution in [-0.2, 0) is 9.53 Å². The molecule has 26 heavy (non-hydrogen) atoms. The Kier molecular flexibility index (Phi) is 4.91. The highest BCUT2D eigenvalue weighted by molar-refractivity contribution is 7.18. The molecule has 1 N–H and O–H groups in total. The molecular weight excluding hydrogens is 368 g/mol. The van der Waals surface area contributed by atoms with Crippen molar-refractivity contribution in [3.05, 3.63) is 39.1 Å². The number of rotatable bonds is 5. The average Bonchev–Trinajstić information content (AvgIpc) is 3.35. The van der Waals surface area contributed by atoms with Gasteiger partial charge in [-0.15, -0.1) is 22.7 Å². The molecule has 0 spiro atoms. The first-order valence-electron chi connectivity index (χ1n) is 8.86. The summed E-state index contributed by atoms with van der Waals surface area (Å²) in [5, 5.41) is 4.55. The molecule has 136 valence electrons. The SMILES string of the molecule is C[C@H](OC(=O)CC1CCCC1)c1nc2scc(-c3cccs3)c2c(=O)[nH]1. The molecule has 1 fully saturated rings. The maximum Gasteiger partial charge on any atom is 0.306 e. The molecule has 0 saturated heterocycles. The van der Waals surface area contributed by atoms with Crippen molar-refractivity contribution < 1.29 is 9.53 Å². The predicted molar refractivity (Wildman–Crippen MR) is 105 cm³/mol. The standard InChI is InChI=1S/C19H20N2O3S2/c1-11(24-15(22)9-12-5-2-3-6-12)17-20-18(23)16-13(10-26-19(16)21-17)14-7-4-8-25-14/h4,7-8,10-12H,2-3,5-6,9H2,1H3,(H,20,21,23)/t11-/m0/s1. The summed E-state index contributed by atoms with van der Waals surface area (Å²) in [5.41, 5.74) is 0.722. The van der Waals surface area contributed by atoms with Crippen molar-refractivity contribution in [3.8, 4) is 10.4 Å². The topological polar surface area (TPSA) is 72.0 Å². The predicted octanol–water partition coefficient (Wildman–Crippen LogP) is 4.90. The van der Waals surface area contributed by atoms with Crippen molar-refractivity contribution in [2.45, 2.75) is 45.1 Å². The molecule has 0 aliphatic heterocycles. The van der Waals surface area contributed by atoms with Gasteiger partial charge in [0, 0.05) is 22.2 Å². The Balaban J connectivity index is 1.55. The molecule has 0 bridgehead atoms. The smallest absolute Gasteiger partial charge is 0.306 e. The molecule has 7 heteroatoms. The van der Waals surface area contributed by atoms with E-state index in [2.05, 4.69) is 9.97 Å². The number of esters is 1. The first kappa shape index (κ1) is 17.4. The molecule has 1 saturated carbocycles. The number of hydrogen-bond acceptors (Lipinski definition) is 6. The van der Waals surface area contributed by atoms with Crippen molar-refractivity contribution in [3.63, 3.8) is 0 Å². The lowest BCUT2D eigenvalue weighted by atomic mass is 10.0. The average molecular weight is 389 g/mol. The van der Waals surface area contributed by atoms with Crippen LogP contribution in [0.25, 0.3) is 20.7 Å². The molecule has 1 aliphatic carbocycles. The number of hydrogen-bond donors (Lipinski definition) is 1. The largest absolute Gasteiger partial charge is 0.454 e. The Labute approximate surface area is 159 Å². The fourth-order valence-corrected chi connectivity index (χ4v) is 5.29. The van der Waals surface area contributed by atoms with E-state index in [0.717, 1.165) is 23.3 Å². The number of carbonyl (C=O) groups excluding carboxylic acids is 1. The van der Waals surface area contributed by atoms with Crippen LogP contribution >= 0.6 is 22.7 Å². The van der Waals surface area contributed by atoms with Crippen molar-refractivity contribution in [2.24, 2.45) is 5.92 Å². The lowest BCUT2D eigenvalue weighted by Gasteiger charge is -2.14. The van der Waals surface area contributed by atoms with Crippen LogP contribution in [0.3, 0.4) is 0 Å². The summed E-state index contributed by atoms with van der Waals surface area (Å²) < 4.78 is 5.52. The molecule has 0 amide bonds. The highest BCUT2D eigenvalue weighted by atomic mass is 32.1. The molecule has 0 aromatic carbocycles. The van der Waals surface area contributed by atoms with Gasteiger partial charge >= 0.3 is 5.97 Å². The maximum absolute atomic E-state index is 12.6. The van der Waals surface area contributed by atoms with Crippen LogP contribution in [0.15, 0.2) is 27.7 Å². The number of aromatic amines is 1. The van der Waals surface area contributed by atoms with Crippen LogP contribution in [0, 0.1) is 5.92 Å². The van der Waals surface area contributed by atoms with E-state index >= 15 is 0 Å². The third-order valence-corrected chi connectivity index (χ3v) is 6.65. The van der Waals surface area contributed by atoms with Crippen LogP contribution in [0.5, 0.6) is 0 Å². The highest BCUT2D eigenvalue weighted by Crippen LogP contribution is 2.34. The van der Waals surface area contributed by atoms with Crippen LogP contribution in [0.2, 0.25) is 0 Å². The number of fused-ring (bicyclic) bond motifs is 1. The van der Waals surface area contributed by atoms with E-state index in [-0.39, 0.29) is 11.5 Å². The first-order valence-corrected chi connectivity index (χ1v) is 10.6. The third-order valence-electron chi connectivity index (χ3n) is 4.87. The van der Waals surface area contributed by atoms with Gasteiger partial charge in [-0.1, -0.05) is 18.9 Å². The van der Waals surface area contributed by atoms with Crippen molar-refractivity contribution in [2.75, 3.05) is 0 Å². The molecular formula is C19H20N2O3S2. The Bertz CT molecular complexity index is 968. The van der Waals surface area contributed by atoms with Crippen molar-refractivity contribution in [1.82, 2.24) is 9.97 Å². The number of thiophene rings is 2. The summed E-state index contributed by atoms with van der Waals surface area (Å²) in [6, 6.07) is 3.96. The number of aromatic nitrogens is 2. The molecule has 3 aromatic heterocycles. The third kappa shape index (κ3) is 3.46. The summed E-state index contributed by atoms with van der Waals surface area (Å²) in [6.07, 6.45) is 4.50. The molecule has 1 aliphatic rings. The summed E-state index contributed by atoms with van der Waals surface area (Å²) in [5.74, 6) is 0.634. The Morgan fingerprint density at radius 2 is 2.19 bits per heavy atom. The molecule has 0 unspecified atom stereocenters. The number of nitrogens with zero attached hydrogens (tertiary/aromatic N) is 1. The highest BCUT2D eigenvalue weighted by Gasteiger charge is 2.22. The lowest BCUT2D eigenvalue weighted by molar-refractivity contribution is -0.150. The second-order valence-corrected chi connectivity index (χ2v) is 8.55. The van der Waals surface area contributed by atoms with Gasteiger partial charge in [0.1, 0.15) is 4.83 Å². The maximum atomic E-state index is 12.6. The summed E-state index contributed by atoms with van der Waals surface area (Å²) in [6.45, 7) is 1.75. The zero-order chi connectivity index (χ0) is 18.1. The van der Waals surface area contributed by atoms with E-state index in [4.69, 9.17) is 4.74 Å². The molecule has 3 heterocycles. The van der Waals surface area contributed by atoms with Crippen molar-refractivity contribution >= 4 is 38.9 Å². The molecule has 1 atom stereocenters.